The molecule has 1 saturated heterocycles. The Balaban J connectivity index is 1.87. The van der Waals surface area contributed by atoms with Gasteiger partial charge < -0.3 is 4.74 Å². The van der Waals surface area contributed by atoms with Gasteiger partial charge in [0.2, 0.25) is 0 Å². The summed E-state index contributed by atoms with van der Waals surface area (Å²) in [6.07, 6.45) is 4.25. The van der Waals surface area contributed by atoms with E-state index in [0.717, 1.165) is 37.1 Å². The van der Waals surface area contributed by atoms with Gasteiger partial charge in [-0.15, -0.1) is 0 Å². The molecule has 1 heterocycles. The summed E-state index contributed by atoms with van der Waals surface area (Å²) >= 11 is 0. The van der Waals surface area contributed by atoms with E-state index in [1.165, 1.54) is 0 Å². The zero-order valence-electron chi connectivity index (χ0n) is 14.5. The van der Waals surface area contributed by atoms with Crippen LogP contribution in [-0.4, -0.2) is 56.2 Å². The highest BCUT2D eigenvalue weighted by atomic mass is 16.5. The van der Waals surface area contributed by atoms with Crippen LogP contribution in [0.1, 0.15) is 42.1 Å². The minimum Gasteiger partial charge on any atom is -0.466 e. The molecule has 1 aromatic carbocycles. The molecule has 2 rings (SSSR count). The number of ether oxygens (including phenoxy) is 1. The molecule has 130 valence electrons. The Hall–Kier alpha value is -2.01. The smallest absolute Gasteiger partial charge is 0.306 e. The predicted octanol–water partition coefficient (Wildman–Crippen LogP) is 2.58. The summed E-state index contributed by atoms with van der Waals surface area (Å²) in [5.41, 5.74) is 1.71. The summed E-state index contributed by atoms with van der Waals surface area (Å²) in [5, 5.41) is 0. The van der Waals surface area contributed by atoms with Crippen LogP contribution in [0.2, 0.25) is 0 Å². The number of carbonyl (C=O) groups excluding carboxylic acids is 2. The van der Waals surface area contributed by atoms with Gasteiger partial charge in [-0.2, -0.15) is 0 Å². The number of hydrogen-bond donors (Lipinski definition) is 0. The van der Waals surface area contributed by atoms with Crippen molar-refractivity contribution in [2.24, 2.45) is 10.9 Å². The number of nitrogens with zero attached hydrogens (tertiary/aromatic N) is 2. The number of hydrogen-bond acceptors (Lipinski definition) is 5. The van der Waals surface area contributed by atoms with Crippen LogP contribution in [-0.2, 0) is 9.53 Å². The number of ketones is 1. The van der Waals surface area contributed by atoms with Crippen molar-refractivity contribution in [3.8, 4) is 0 Å². The lowest BCUT2D eigenvalue weighted by molar-refractivity contribution is -0.144. The molecule has 0 bridgehead atoms. The third-order valence-corrected chi connectivity index (χ3v) is 4.24. The number of aliphatic imine (C=N–C) groups is 1. The van der Waals surface area contributed by atoms with Gasteiger partial charge in [0.1, 0.15) is 0 Å². The summed E-state index contributed by atoms with van der Waals surface area (Å²) in [7, 11) is 1.72. The Labute approximate surface area is 143 Å². The van der Waals surface area contributed by atoms with E-state index in [2.05, 4.69) is 9.89 Å². The molecule has 5 heteroatoms. The largest absolute Gasteiger partial charge is 0.466 e. The number of rotatable bonds is 7. The molecule has 0 N–H and O–H groups in total. The summed E-state index contributed by atoms with van der Waals surface area (Å²) in [6.45, 7) is 4.34. The second-order valence-corrected chi connectivity index (χ2v) is 6.18. The molecule has 1 unspecified atom stereocenters. The normalized spacial score (nSPS) is 18.7. The number of carbonyl (C=O) groups is 2. The van der Waals surface area contributed by atoms with Crippen molar-refractivity contribution in [3.63, 3.8) is 0 Å². The number of piperidine rings is 1. The highest BCUT2D eigenvalue weighted by Crippen LogP contribution is 2.20. The Kier molecular flexibility index (Phi) is 7.12. The van der Waals surface area contributed by atoms with E-state index in [1.807, 2.05) is 31.2 Å². The topological polar surface area (TPSA) is 59.0 Å². The zero-order valence-corrected chi connectivity index (χ0v) is 14.5. The molecule has 24 heavy (non-hydrogen) atoms. The highest BCUT2D eigenvalue weighted by Gasteiger charge is 2.24. The fourth-order valence-electron chi connectivity index (χ4n) is 3.12. The molecule has 1 atom stereocenters. The molecule has 0 aliphatic carbocycles. The molecule has 1 aliphatic heterocycles. The minimum atomic E-state index is -0.135. The van der Waals surface area contributed by atoms with Gasteiger partial charge >= 0.3 is 5.97 Å². The number of Topliss-reactive ketones (excluding diaryl/α,β-unsaturated/α-hetero) is 1. The first-order valence-electron chi connectivity index (χ1n) is 8.55. The van der Waals surface area contributed by atoms with Gasteiger partial charge in [0.05, 0.1) is 13.2 Å². The van der Waals surface area contributed by atoms with Gasteiger partial charge in [-0.05, 0) is 37.8 Å². The fourth-order valence-corrected chi connectivity index (χ4v) is 3.12. The second-order valence-electron chi connectivity index (χ2n) is 6.18. The number of likely N-dealkylation sites (tertiary alicyclic amines) is 1. The van der Waals surface area contributed by atoms with Gasteiger partial charge in [0.25, 0.3) is 0 Å². The first-order chi connectivity index (χ1) is 11.6. The maximum Gasteiger partial charge on any atom is 0.306 e. The molecule has 1 aromatic rings. The second kappa shape index (κ2) is 9.33. The van der Waals surface area contributed by atoms with Crippen molar-refractivity contribution >= 4 is 18.0 Å². The fraction of sp³-hybridized carbons (Fsp3) is 0.526. The van der Waals surface area contributed by atoms with Crippen LogP contribution in [0.15, 0.2) is 29.3 Å². The SMILES string of the molecule is CCOC(=O)CC1CCCN(CC(=O)c2ccc(C=NC)cc2)C1. The average molecular weight is 330 g/mol. The van der Waals surface area contributed by atoms with Gasteiger partial charge in [0.15, 0.2) is 5.78 Å². The lowest BCUT2D eigenvalue weighted by Gasteiger charge is -2.31. The van der Waals surface area contributed by atoms with Gasteiger partial charge in [-0.1, -0.05) is 24.3 Å². The van der Waals surface area contributed by atoms with Crippen molar-refractivity contribution in [1.82, 2.24) is 4.90 Å². The average Bonchev–Trinajstić information content (AvgIpc) is 2.56. The summed E-state index contributed by atoms with van der Waals surface area (Å²) in [5.74, 6) is 0.268. The maximum absolute atomic E-state index is 12.4. The van der Waals surface area contributed by atoms with Crippen molar-refractivity contribution in [2.45, 2.75) is 26.2 Å². The molecular weight excluding hydrogens is 304 g/mol. The Morgan fingerprint density at radius 3 is 2.75 bits per heavy atom. The monoisotopic (exact) mass is 330 g/mol. The molecule has 0 aromatic heterocycles. The van der Waals surface area contributed by atoms with Crippen molar-refractivity contribution in [2.75, 3.05) is 33.3 Å². The third-order valence-electron chi connectivity index (χ3n) is 4.24. The lowest BCUT2D eigenvalue weighted by Crippen LogP contribution is -2.39. The van der Waals surface area contributed by atoms with Crippen molar-refractivity contribution < 1.29 is 14.3 Å². The molecule has 1 fully saturated rings. The molecule has 0 saturated carbocycles. The molecule has 5 nitrogen and oxygen atoms in total. The van der Waals surface area contributed by atoms with Crippen LogP contribution in [0.3, 0.4) is 0 Å². The van der Waals surface area contributed by atoms with Crippen LogP contribution < -0.4 is 0 Å². The van der Waals surface area contributed by atoms with Crippen LogP contribution in [0, 0.1) is 5.92 Å². The van der Waals surface area contributed by atoms with Crippen LogP contribution in [0.5, 0.6) is 0 Å². The zero-order chi connectivity index (χ0) is 17.4. The Morgan fingerprint density at radius 1 is 1.33 bits per heavy atom. The van der Waals surface area contributed by atoms with E-state index in [-0.39, 0.29) is 17.7 Å². The summed E-state index contributed by atoms with van der Waals surface area (Å²) in [6, 6.07) is 7.50. The molecule has 0 radical (unpaired) electrons. The first-order valence-corrected chi connectivity index (χ1v) is 8.55. The Bertz CT molecular complexity index is 581. The van der Waals surface area contributed by atoms with Crippen molar-refractivity contribution in [3.05, 3.63) is 35.4 Å². The van der Waals surface area contributed by atoms with E-state index in [0.29, 0.717) is 19.6 Å². The van der Waals surface area contributed by atoms with Crippen LogP contribution in [0.4, 0.5) is 0 Å². The standard InChI is InChI=1S/C19H26N2O3/c1-3-24-19(23)11-16-5-4-10-21(13-16)14-18(22)17-8-6-15(7-9-17)12-20-2/h6-9,12,16H,3-5,10-11,13-14H2,1-2H3. The van der Waals surface area contributed by atoms with Crippen LogP contribution >= 0.6 is 0 Å². The summed E-state index contributed by atoms with van der Waals surface area (Å²) < 4.78 is 5.03. The van der Waals surface area contributed by atoms with E-state index in [4.69, 9.17) is 4.74 Å². The first kappa shape index (κ1) is 18.3. The van der Waals surface area contributed by atoms with Crippen molar-refractivity contribution in [1.29, 1.82) is 0 Å². The Morgan fingerprint density at radius 2 is 2.08 bits per heavy atom. The molecule has 1 aliphatic rings. The number of benzene rings is 1. The maximum atomic E-state index is 12.4. The highest BCUT2D eigenvalue weighted by molar-refractivity contribution is 5.98. The third kappa shape index (κ3) is 5.57. The van der Waals surface area contributed by atoms with E-state index in [1.54, 1.807) is 13.3 Å². The van der Waals surface area contributed by atoms with Gasteiger partial charge in [0, 0.05) is 31.8 Å². The number of esters is 1. The lowest BCUT2D eigenvalue weighted by atomic mass is 9.94. The summed E-state index contributed by atoms with van der Waals surface area (Å²) in [4.78, 5) is 30.2. The van der Waals surface area contributed by atoms with E-state index in [9.17, 15) is 9.59 Å². The molecule has 0 amide bonds. The van der Waals surface area contributed by atoms with Gasteiger partial charge in [-0.25, -0.2) is 0 Å². The minimum absolute atomic E-state index is 0.117. The van der Waals surface area contributed by atoms with Gasteiger partial charge in [-0.3, -0.25) is 19.5 Å². The van der Waals surface area contributed by atoms with E-state index < -0.39 is 0 Å². The van der Waals surface area contributed by atoms with E-state index >= 15 is 0 Å². The molecular formula is C19H26N2O3. The molecule has 0 spiro atoms. The predicted molar refractivity (Wildman–Crippen MR) is 94.7 cm³/mol. The quantitative estimate of drug-likeness (QED) is 0.438. The van der Waals surface area contributed by atoms with Crippen LogP contribution in [0.25, 0.3) is 0 Å².